The quantitative estimate of drug-likeness (QED) is 0.0982. The highest BCUT2D eigenvalue weighted by Gasteiger charge is 2.31. The molecule has 1 fully saturated rings. The van der Waals surface area contributed by atoms with Gasteiger partial charge in [-0.1, -0.05) is 71.7 Å². The molecule has 0 unspecified atom stereocenters. The number of benzene rings is 3. The first-order valence-electron chi connectivity index (χ1n) is 19.6. The summed E-state index contributed by atoms with van der Waals surface area (Å²) in [6.45, 7) is 6.15. The third kappa shape index (κ3) is 10.0. The maximum Gasteiger partial charge on any atom is 0.309 e. The number of aliphatic hydroxyl groups is 1. The summed E-state index contributed by atoms with van der Waals surface area (Å²) in [7, 11) is -3.49. The summed E-state index contributed by atoms with van der Waals surface area (Å²) in [4.78, 5) is 22.9. The molecule has 0 spiro atoms. The molecule has 1 aliphatic carbocycles. The van der Waals surface area contributed by atoms with Gasteiger partial charge in [0.2, 0.25) is 11.8 Å². The van der Waals surface area contributed by atoms with Crippen molar-refractivity contribution in [1.29, 1.82) is 0 Å². The number of nitrogens with zero attached hydrogens (tertiary/aromatic N) is 3. The molecule has 0 amide bonds. The normalized spacial score (nSPS) is 16.8. The second-order valence-corrected chi connectivity index (χ2v) is 18.6. The molecule has 3 aromatic carbocycles. The molecule has 0 saturated carbocycles. The number of pyridine rings is 2. The Bertz CT molecular complexity index is 2450. The molecule has 2 aromatic heterocycles. The number of halogens is 2. The van der Waals surface area contributed by atoms with E-state index in [4.69, 9.17) is 42.4 Å². The highest BCUT2D eigenvalue weighted by atomic mass is 35.5. The van der Waals surface area contributed by atoms with Gasteiger partial charge in [0.25, 0.3) is 0 Å². The second-order valence-electron chi connectivity index (χ2n) is 15.8. The van der Waals surface area contributed by atoms with Crippen LogP contribution in [-0.4, -0.2) is 78.1 Å². The summed E-state index contributed by atoms with van der Waals surface area (Å²) in [5.41, 5.74) is 5.98. The SMILES string of the molecule is CC(C)(CCc1cc(Cl)c(O[C@H]2CCc3c(-c4cccc(-c5ccc(OCCN6CC[C@@H](O)C6)cc5)c4Cl)cccc32)nc1OCc1cncc(S(C)(=O)=O)c1)C(=O)O. The highest BCUT2D eigenvalue weighted by molar-refractivity contribution is 7.90. The maximum absolute atomic E-state index is 12.2. The number of carbonyl (C=O) groups is 1. The van der Waals surface area contributed by atoms with Crippen molar-refractivity contribution in [2.24, 2.45) is 5.41 Å². The molecule has 0 bridgehead atoms. The van der Waals surface area contributed by atoms with Gasteiger partial charge in [-0.3, -0.25) is 14.7 Å². The van der Waals surface area contributed by atoms with E-state index in [0.29, 0.717) is 42.1 Å². The van der Waals surface area contributed by atoms with Crippen LogP contribution in [0.3, 0.4) is 0 Å². The molecule has 2 atom stereocenters. The molecule has 1 saturated heterocycles. The van der Waals surface area contributed by atoms with Crippen molar-refractivity contribution in [3.63, 3.8) is 0 Å². The lowest BCUT2D eigenvalue weighted by Crippen LogP contribution is -2.27. The Morgan fingerprint density at radius 2 is 1.69 bits per heavy atom. The minimum Gasteiger partial charge on any atom is -0.492 e. The minimum atomic E-state index is -3.49. The lowest BCUT2D eigenvalue weighted by Gasteiger charge is -2.21. The summed E-state index contributed by atoms with van der Waals surface area (Å²) in [5.74, 6) is 0.209. The van der Waals surface area contributed by atoms with Crippen molar-refractivity contribution >= 4 is 39.0 Å². The predicted octanol–water partition coefficient (Wildman–Crippen LogP) is 8.66. The number of ether oxygens (including phenoxy) is 3. The van der Waals surface area contributed by atoms with Crippen LogP contribution in [0.15, 0.2) is 90.1 Å². The average Bonchev–Trinajstić information content (AvgIpc) is 3.83. The fourth-order valence-electron chi connectivity index (χ4n) is 7.46. The van der Waals surface area contributed by atoms with E-state index in [1.54, 1.807) is 19.9 Å². The fraction of sp³-hybridized carbons (Fsp3) is 0.356. The predicted molar refractivity (Wildman–Crippen MR) is 227 cm³/mol. The van der Waals surface area contributed by atoms with Gasteiger partial charge in [-0.15, -0.1) is 0 Å². The van der Waals surface area contributed by atoms with Crippen molar-refractivity contribution in [2.45, 2.75) is 69.7 Å². The number of sulfone groups is 1. The lowest BCUT2D eigenvalue weighted by atomic mass is 9.86. The second kappa shape index (κ2) is 17.9. The summed E-state index contributed by atoms with van der Waals surface area (Å²) in [6.07, 6.45) is 6.07. The van der Waals surface area contributed by atoms with Crippen molar-refractivity contribution in [2.75, 3.05) is 32.5 Å². The number of hydrogen-bond acceptors (Lipinski definition) is 10. The van der Waals surface area contributed by atoms with Crippen LogP contribution in [0.25, 0.3) is 22.3 Å². The van der Waals surface area contributed by atoms with Gasteiger partial charge in [0.15, 0.2) is 9.84 Å². The first-order chi connectivity index (χ1) is 28.2. The van der Waals surface area contributed by atoms with Gasteiger partial charge in [-0.05, 0) is 92.5 Å². The number of fused-ring (bicyclic) bond motifs is 1. The molecular weight excluding hydrogens is 813 g/mol. The minimum absolute atomic E-state index is 0.0432. The Labute approximate surface area is 354 Å². The third-order valence-electron chi connectivity index (χ3n) is 11.0. The highest BCUT2D eigenvalue weighted by Crippen LogP contribution is 2.45. The zero-order chi connectivity index (χ0) is 41.9. The molecule has 2 N–H and O–H groups in total. The average molecular weight is 861 g/mol. The van der Waals surface area contributed by atoms with Gasteiger partial charge in [0.1, 0.15) is 30.1 Å². The van der Waals surface area contributed by atoms with E-state index in [2.05, 4.69) is 16.0 Å². The van der Waals surface area contributed by atoms with Crippen molar-refractivity contribution in [1.82, 2.24) is 14.9 Å². The fourth-order valence-corrected chi connectivity index (χ4v) is 8.63. The molecule has 3 heterocycles. The molecule has 5 aromatic rings. The zero-order valence-electron chi connectivity index (χ0n) is 33.2. The van der Waals surface area contributed by atoms with E-state index in [1.807, 2.05) is 54.6 Å². The van der Waals surface area contributed by atoms with Gasteiger partial charge in [0, 0.05) is 60.5 Å². The van der Waals surface area contributed by atoms with Crippen LogP contribution in [0.1, 0.15) is 61.5 Å². The topological polar surface area (TPSA) is 148 Å². The number of β-amino-alcohol motifs (C(OH)–C–C–N with tert-alkyl or cyclic N) is 1. The van der Waals surface area contributed by atoms with E-state index in [1.165, 1.54) is 18.5 Å². The number of rotatable bonds is 16. The van der Waals surface area contributed by atoms with Crippen LogP contribution in [0.5, 0.6) is 17.5 Å². The Morgan fingerprint density at radius 1 is 0.949 bits per heavy atom. The third-order valence-corrected chi connectivity index (χ3v) is 12.8. The summed E-state index contributed by atoms with van der Waals surface area (Å²) in [5, 5.41) is 20.4. The van der Waals surface area contributed by atoms with E-state index < -0.39 is 21.2 Å². The number of likely N-dealkylation sites (tertiary alicyclic amines) is 1. The van der Waals surface area contributed by atoms with Gasteiger partial charge in [-0.25, -0.2) is 8.42 Å². The molecule has 11 nitrogen and oxygen atoms in total. The Balaban J connectivity index is 1.10. The molecular formula is C45H47Cl2N3O8S. The van der Waals surface area contributed by atoms with E-state index >= 15 is 0 Å². The lowest BCUT2D eigenvalue weighted by molar-refractivity contribution is -0.147. The van der Waals surface area contributed by atoms with Crippen LogP contribution in [-0.2, 0) is 34.1 Å². The molecule has 14 heteroatoms. The van der Waals surface area contributed by atoms with Gasteiger partial charge >= 0.3 is 5.97 Å². The molecule has 1 aliphatic heterocycles. The van der Waals surface area contributed by atoms with Crippen molar-refractivity contribution in [3.8, 4) is 39.8 Å². The number of carboxylic acids is 1. The molecule has 2 aliphatic rings. The van der Waals surface area contributed by atoms with Crippen molar-refractivity contribution in [3.05, 3.63) is 117 Å². The molecule has 310 valence electrons. The molecule has 0 radical (unpaired) electrons. The number of aliphatic carboxylic acids is 1. The van der Waals surface area contributed by atoms with Gasteiger partial charge < -0.3 is 24.4 Å². The van der Waals surface area contributed by atoms with E-state index in [9.17, 15) is 23.4 Å². The molecule has 7 rings (SSSR count). The van der Waals surface area contributed by atoms with Crippen molar-refractivity contribution < 1.29 is 37.6 Å². The van der Waals surface area contributed by atoms with E-state index in [-0.39, 0.29) is 46.9 Å². The van der Waals surface area contributed by atoms with Gasteiger partial charge in [-0.2, -0.15) is 4.98 Å². The Hall–Kier alpha value is -4.72. The van der Waals surface area contributed by atoms with Crippen LogP contribution >= 0.6 is 23.2 Å². The first-order valence-corrected chi connectivity index (χ1v) is 22.2. The summed E-state index contributed by atoms with van der Waals surface area (Å²) < 4.78 is 43.0. The van der Waals surface area contributed by atoms with Crippen LogP contribution < -0.4 is 14.2 Å². The van der Waals surface area contributed by atoms with Crippen LogP contribution in [0.4, 0.5) is 0 Å². The smallest absolute Gasteiger partial charge is 0.309 e. The van der Waals surface area contributed by atoms with Crippen LogP contribution in [0, 0.1) is 5.41 Å². The Morgan fingerprint density at radius 3 is 2.42 bits per heavy atom. The summed E-state index contributed by atoms with van der Waals surface area (Å²) in [6, 6.07) is 23.2. The number of aryl methyl sites for hydroxylation is 1. The standard InChI is InChI=1S/C45H47Cl2N3O8S/c1-45(2,44(52)53)18-16-30-23-39(46)43(49-42(30)57-27-28-22-33(25-48-24-28)59(3,54)55)58-40-15-14-36-35(7-5-8-37(36)40)38-9-4-6-34(41(38)47)29-10-12-32(13-11-29)56-21-20-50-19-17-31(51)26-50/h4-13,22-25,31,40,51H,14-21,26-27H2,1-3H3,(H,52,53)/t31-,40+/m1/s1. The first kappa shape index (κ1) is 42.4. The monoisotopic (exact) mass is 859 g/mol. The number of hydrogen-bond donors (Lipinski definition) is 2. The van der Waals surface area contributed by atoms with Gasteiger partial charge in [0.05, 0.1) is 21.4 Å². The van der Waals surface area contributed by atoms with E-state index in [0.717, 1.165) is 71.3 Å². The zero-order valence-corrected chi connectivity index (χ0v) is 35.5. The Kier molecular flexibility index (Phi) is 12.8. The number of aliphatic hydroxyl groups excluding tert-OH is 1. The maximum atomic E-state index is 12.2. The molecule has 59 heavy (non-hydrogen) atoms. The number of aromatic nitrogens is 2. The van der Waals surface area contributed by atoms with Crippen LogP contribution in [0.2, 0.25) is 10.0 Å². The summed E-state index contributed by atoms with van der Waals surface area (Å²) >= 11 is 14.0. The largest absolute Gasteiger partial charge is 0.492 e. The number of carboxylic acid groups (broad SMARTS) is 1.